The van der Waals surface area contributed by atoms with Crippen molar-refractivity contribution in [1.82, 2.24) is 4.90 Å². The van der Waals surface area contributed by atoms with Gasteiger partial charge in [0.25, 0.3) is 5.92 Å². The van der Waals surface area contributed by atoms with E-state index >= 15 is 0 Å². The first-order valence-electron chi connectivity index (χ1n) is 6.69. The van der Waals surface area contributed by atoms with Crippen molar-refractivity contribution in [2.45, 2.75) is 50.9 Å². The van der Waals surface area contributed by atoms with Crippen LogP contribution in [0.2, 0.25) is 0 Å². The number of halogens is 2. The Labute approximate surface area is 100 Å². The molecule has 1 saturated heterocycles. The Morgan fingerprint density at radius 3 is 2.06 bits per heavy atom. The molecule has 1 unspecified atom stereocenters. The van der Waals surface area contributed by atoms with Crippen molar-refractivity contribution in [2.75, 3.05) is 13.1 Å². The van der Waals surface area contributed by atoms with Crippen LogP contribution >= 0.6 is 0 Å². The lowest BCUT2D eigenvalue weighted by Crippen LogP contribution is -2.43. The van der Waals surface area contributed by atoms with Gasteiger partial charge in [-0.15, -0.1) is 0 Å². The Hall–Kier alpha value is -0.670. The molecule has 0 aromatic heterocycles. The first kappa shape index (κ1) is 11.4. The van der Waals surface area contributed by atoms with Crippen LogP contribution in [0.25, 0.3) is 0 Å². The molecule has 0 bridgehead atoms. The topological polar surface area (TPSA) is 20.3 Å². The molecule has 1 heterocycles. The van der Waals surface area contributed by atoms with Crippen LogP contribution in [0.15, 0.2) is 0 Å². The van der Waals surface area contributed by atoms with Crippen LogP contribution in [0, 0.1) is 11.3 Å². The number of alkyl halides is 2. The number of hydrogen-bond acceptors (Lipinski definition) is 1. The summed E-state index contributed by atoms with van der Waals surface area (Å²) in [6.45, 7) is 1.40. The van der Waals surface area contributed by atoms with Gasteiger partial charge in [0.1, 0.15) is 5.92 Å². The van der Waals surface area contributed by atoms with E-state index in [0.29, 0.717) is 18.5 Å². The van der Waals surface area contributed by atoms with Gasteiger partial charge in [-0.05, 0) is 31.1 Å². The molecular weight excluding hydrogens is 224 g/mol. The highest BCUT2D eigenvalue weighted by molar-refractivity contribution is 5.83. The first-order valence-corrected chi connectivity index (χ1v) is 6.69. The summed E-state index contributed by atoms with van der Waals surface area (Å²) in [6.07, 6.45) is 6.97. The molecule has 2 saturated carbocycles. The van der Waals surface area contributed by atoms with Gasteiger partial charge in [-0.1, -0.05) is 12.8 Å². The minimum atomic E-state index is -2.71. The molecule has 0 N–H and O–H groups in total. The normalized spacial score (nSPS) is 34.0. The van der Waals surface area contributed by atoms with E-state index in [-0.39, 0.29) is 12.3 Å². The monoisotopic (exact) mass is 243 g/mol. The van der Waals surface area contributed by atoms with Crippen LogP contribution in [0.4, 0.5) is 8.78 Å². The Balaban J connectivity index is 1.56. The fraction of sp³-hybridized carbons (Fsp3) is 0.923. The third kappa shape index (κ3) is 1.95. The number of carbonyl (C=O) groups excluding carboxylic acids is 1. The lowest BCUT2D eigenvalue weighted by molar-refractivity contribution is -0.137. The number of rotatable bonds is 1. The van der Waals surface area contributed by atoms with Crippen molar-refractivity contribution in [1.29, 1.82) is 0 Å². The molecular formula is C13H19F2NO. The van der Waals surface area contributed by atoms with Crippen LogP contribution < -0.4 is 0 Å². The molecule has 96 valence electrons. The summed E-state index contributed by atoms with van der Waals surface area (Å²) in [5.41, 5.74) is 0.447. The summed E-state index contributed by atoms with van der Waals surface area (Å²) in [4.78, 5) is 13.5. The largest absolute Gasteiger partial charge is 0.342 e. The second-order valence-electron chi connectivity index (χ2n) is 6.05. The van der Waals surface area contributed by atoms with E-state index in [9.17, 15) is 13.6 Å². The average Bonchev–Trinajstić information content (AvgIpc) is 2.73. The highest BCUT2D eigenvalue weighted by Crippen LogP contribution is 2.51. The molecule has 0 aromatic carbocycles. The van der Waals surface area contributed by atoms with Gasteiger partial charge in [-0.25, -0.2) is 8.78 Å². The number of amides is 1. The second kappa shape index (κ2) is 3.66. The predicted octanol–water partition coefficient (Wildman–Crippen LogP) is 2.82. The molecule has 0 radical (unpaired) electrons. The van der Waals surface area contributed by atoms with Crippen LogP contribution in [0.1, 0.15) is 44.9 Å². The van der Waals surface area contributed by atoms with Crippen molar-refractivity contribution in [3.63, 3.8) is 0 Å². The van der Waals surface area contributed by atoms with E-state index < -0.39 is 11.8 Å². The molecule has 3 aliphatic rings. The van der Waals surface area contributed by atoms with Crippen molar-refractivity contribution < 1.29 is 13.6 Å². The lowest BCUT2D eigenvalue weighted by Gasteiger charge is -2.39. The molecule has 3 rings (SSSR count). The van der Waals surface area contributed by atoms with Gasteiger partial charge in [0.15, 0.2) is 0 Å². The molecule has 1 amide bonds. The smallest absolute Gasteiger partial charge is 0.260 e. The van der Waals surface area contributed by atoms with E-state index in [4.69, 9.17) is 0 Å². The average molecular weight is 243 g/mol. The summed E-state index contributed by atoms with van der Waals surface area (Å²) in [5, 5.41) is 0. The highest BCUT2D eigenvalue weighted by atomic mass is 19.3. The third-order valence-corrected chi connectivity index (χ3v) is 4.92. The number of likely N-dealkylation sites (tertiary alicyclic amines) is 1. The fourth-order valence-corrected chi connectivity index (χ4v) is 3.53. The molecule has 2 aliphatic carbocycles. The van der Waals surface area contributed by atoms with Crippen LogP contribution in [0.3, 0.4) is 0 Å². The van der Waals surface area contributed by atoms with Crippen molar-refractivity contribution in [2.24, 2.45) is 11.3 Å². The SMILES string of the molecule is O=C(C1CC1(F)F)N1CCC2(CCCC2)CC1. The van der Waals surface area contributed by atoms with Crippen molar-refractivity contribution in [3.8, 4) is 0 Å². The van der Waals surface area contributed by atoms with Crippen LogP contribution in [0.5, 0.6) is 0 Å². The maximum absolute atomic E-state index is 12.8. The van der Waals surface area contributed by atoms with E-state index in [1.54, 1.807) is 4.90 Å². The van der Waals surface area contributed by atoms with Crippen molar-refractivity contribution >= 4 is 5.91 Å². The zero-order valence-corrected chi connectivity index (χ0v) is 10.1. The van der Waals surface area contributed by atoms with Gasteiger partial charge in [0, 0.05) is 19.5 Å². The molecule has 1 aliphatic heterocycles. The van der Waals surface area contributed by atoms with Gasteiger partial charge in [0.05, 0.1) is 0 Å². The summed E-state index contributed by atoms with van der Waals surface area (Å²) in [6, 6.07) is 0. The molecule has 3 fully saturated rings. The minimum absolute atomic E-state index is 0.229. The van der Waals surface area contributed by atoms with Gasteiger partial charge in [-0.3, -0.25) is 4.79 Å². The third-order valence-electron chi connectivity index (χ3n) is 4.92. The summed E-state index contributed by atoms with van der Waals surface area (Å²) < 4.78 is 25.7. The number of piperidine rings is 1. The molecule has 2 nitrogen and oxygen atoms in total. The lowest BCUT2D eigenvalue weighted by atomic mass is 9.77. The molecule has 4 heteroatoms. The molecule has 1 spiro atoms. The standard InChI is InChI=1S/C13H19F2NO/c14-13(15)9-10(13)11(17)16-7-5-12(6-8-16)3-1-2-4-12/h10H,1-9H2. The van der Waals surface area contributed by atoms with Gasteiger partial charge >= 0.3 is 0 Å². The number of hydrogen-bond donors (Lipinski definition) is 0. The summed E-state index contributed by atoms with van der Waals surface area (Å²) in [7, 11) is 0. The van der Waals surface area contributed by atoms with E-state index in [1.807, 2.05) is 0 Å². The Kier molecular flexibility index (Phi) is 2.46. The Morgan fingerprint density at radius 1 is 1.06 bits per heavy atom. The van der Waals surface area contributed by atoms with Gasteiger partial charge in [0.2, 0.25) is 5.91 Å². The molecule has 17 heavy (non-hydrogen) atoms. The van der Waals surface area contributed by atoms with Crippen LogP contribution in [-0.2, 0) is 4.79 Å². The number of carbonyl (C=O) groups is 1. The summed E-state index contributed by atoms with van der Waals surface area (Å²) in [5.74, 6) is -4.01. The summed E-state index contributed by atoms with van der Waals surface area (Å²) >= 11 is 0. The highest BCUT2D eigenvalue weighted by Gasteiger charge is 2.62. The Morgan fingerprint density at radius 2 is 1.59 bits per heavy atom. The zero-order chi connectivity index (χ0) is 12.1. The fourth-order valence-electron chi connectivity index (χ4n) is 3.53. The maximum Gasteiger partial charge on any atom is 0.260 e. The van der Waals surface area contributed by atoms with Gasteiger partial charge < -0.3 is 4.90 Å². The molecule has 1 atom stereocenters. The van der Waals surface area contributed by atoms with Crippen molar-refractivity contribution in [3.05, 3.63) is 0 Å². The second-order valence-corrected chi connectivity index (χ2v) is 6.05. The van der Waals surface area contributed by atoms with E-state index in [0.717, 1.165) is 12.8 Å². The number of nitrogens with zero attached hydrogens (tertiary/aromatic N) is 1. The van der Waals surface area contributed by atoms with E-state index in [1.165, 1.54) is 25.7 Å². The predicted molar refractivity (Wildman–Crippen MR) is 59.8 cm³/mol. The minimum Gasteiger partial charge on any atom is -0.342 e. The quantitative estimate of drug-likeness (QED) is 0.693. The van der Waals surface area contributed by atoms with Gasteiger partial charge in [-0.2, -0.15) is 0 Å². The van der Waals surface area contributed by atoms with E-state index in [2.05, 4.69) is 0 Å². The maximum atomic E-state index is 12.8. The zero-order valence-electron chi connectivity index (χ0n) is 10.1. The molecule has 0 aromatic rings. The first-order chi connectivity index (χ1) is 8.03. The Bertz CT molecular complexity index is 326. The van der Waals surface area contributed by atoms with Crippen LogP contribution in [-0.4, -0.2) is 29.8 Å².